The summed E-state index contributed by atoms with van der Waals surface area (Å²) in [5.41, 5.74) is 9.00. The van der Waals surface area contributed by atoms with Crippen LogP contribution in [0.3, 0.4) is 0 Å². The number of aryl methyl sites for hydroxylation is 1. The lowest BCUT2D eigenvalue weighted by atomic mass is 10.1. The number of rotatable bonds is 3. The molecule has 0 aliphatic carbocycles. The number of halogens is 1. The van der Waals surface area contributed by atoms with E-state index in [0.29, 0.717) is 11.5 Å². The largest absolute Gasteiger partial charge is 0.465 e. The van der Waals surface area contributed by atoms with Crippen LogP contribution in [0.15, 0.2) is 24.3 Å². The van der Waals surface area contributed by atoms with Gasteiger partial charge in [0.05, 0.1) is 35.9 Å². The topological polar surface area (TPSA) is 111 Å². The number of nitrogens with two attached hydrogens (primary N) is 1. The number of nitrogen functional groups attached to an aromatic ring is 1. The molecule has 1 aliphatic heterocycles. The fourth-order valence-electron chi connectivity index (χ4n) is 3.51. The second kappa shape index (κ2) is 6.93. The first-order valence-corrected chi connectivity index (χ1v) is 9.30. The molecule has 4 rings (SSSR count). The SMILES string of the molecule is COC(=O)c1c(Nc2cccc3c2N(C)[C@@H](C)c2nc(C)nn2-3)cc(Cl)nc1N. The number of esters is 1. The molecule has 0 spiro atoms. The molecule has 10 heteroatoms. The number of carbonyl (C=O) groups excluding carboxylic acids is 1. The van der Waals surface area contributed by atoms with Crippen molar-refractivity contribution in [2.75, 3.05) is 30.1 Å². The molecule has 150 valence electrons. The van der Waals surface area contributed by atoms with E-state index in [0.717, 1.165) is 22.9 Å². The summed E-state index contributed by atoms with van der Waals surface area (Å²) in [6.07, 6.45) is 0. The van der Waals surface area contributed by atoms with Gasteiger partial charge in [-0.05, 0) is 26.0 Å². The fourth-order valence-corrected chi connectivity index (χ4v) is 3.71. The number of nitrogens with one attached hydrogen (secondary N) is 1. The zero-order chi connectivity index (χ0) is 20.9. The maximum atomic E-state index is 12.3. The summed E-state index contributed by atoms with van der Waals surface area (Å²) in [6.45, 7) is 3.92. The van der Waals surface area contributed by atoms with Gasteiger partial charge in [-0.2, -0.15) is 5.10 Å². The lowest BCUT2D eigenvalue weighted by Gasteiger charge is -2.35. The number of anilines is 4. The number of pyridine rings is 1. The number of benzene rings is 1. The molecule has 3 aromatic rings. The minimum atomic E-state index is -0.602. The molecule has 0 unspecified atom stereocenters. The van der Waals surface area contributed by atoms with Gasteiger partial charge in [0, 0.05) is 13.1 Å². The van der Waals surface area contributed by atoms with Crippen molar-refractivity contribution in [2.45, 2.75) is 19.9 Å². The van der Waals surface area contributed by atoms with E-state index < -0.39 is 5.97 Å². The first-order valence-electron chi connectivity index (χ1n) is 8.93. The highest BCUT2D eigenvalue weighted by Gasteiger charge is 2.31. The predicted octanol–water partition coefficient (Wildman–Crippen LogP) is 3.25. The van der Waals surface area contributed by atoms with Crippen LogP contribution >= 0.6 is 11.6 Å². The molecule has 0 saturated heterocycles. The molecule has 29 heavy (non-hydrogen) atoms. The van der Waals surface area contributed by atoms with Crippen LogP contribution in [-0.2, 0) is 4.74 Å². The maximum Gasteiger partial charge on any atom is 0.343 e. The second-order valence-corrected chi connectivity index (χ2v) is 7.15. The number of methoxy groups -OCH3 is 1. The van der Waals surface area contributed by atoms with Gasteiger partial charge in [-0.25, -0.2) is 19.4 Å². The Kier molecular flexibility index (Phi) is 4.54. The second-order valence-electron chi connectivity index (χ2n) is 6.76. The van der Waals surface area contributed by atoms with Crippen molar-refractivity contribution in [1.82, 2.24) is 19.7 Å². The van der Waals surface area contributed by atoms with Crippen molar-refractivity contribution < 1.29 is 9.53 Å². The van der Waals surface area contributed by atoms with E-state index in [2.05, 4.69) is 32.2 Å². The van der Waals surface area contributed by atoms with E-state index in [1.54, 1.807) is 6.07 Å². The van der Waals surface area contributed by atoms with E-state index >= 15 is 0 Å². The van der Waals surface area contributed by atoms with Crippen LogP contribution in [0.1, 0.15) is 35.0 Å². The van der Waals surface area contributed by atoms with Crippen LogP contribution in [0.2, 0.25) is 5.15 Å². The summed E-state index contributed by atoms with van der Waals surface area (Å²) in [5.74, 6) is 0.955. The van der Waals surface area contributed by atoms with E-state index in [1.165, 1.54) is 7.11 Å². The normalized spacial score (nSPS) is 14.9. The number of aromatic nitrogens is 4. The molecule has 2 aromatic heterocycles. The molecule has 9 nitrogen and oxygen atoms in total. The molecular weight excluding hydrogens is 394 g/mol. The molecule has 0 fully saturated rings. The molecule has 0 bridgehead atoms. The lowest BCUT2D eigenvalue weighted by molar-refractivity contribution is 0.0602. The molecule has 3 heterocycles. The molecule has 1 atom stereocenters. The van der Waals surface area contributed by atoms with Gasteiger partial charge in [0.25, 0.3) is 0 Å². The van der Waals surface area contributed by atoms with Crippen LogP contribution < -0.4 is 16.0 Å². The van der Waals surface area contributed by atoms with Crippen LogP contribution in [0.4, 0.5) is 22.9 Å². The van der Waals surface area contributed by atoms with Crippen molar-refractivity contribution in [3.8, 4) is 5.69 Å². The van der Waals surface area contributed by atoms with E-state index in [-0.39, 0.29) is 22.6 Å². The number of para-hydroxylation sites is 1. The average Bonchev–Trinajstić information content (AvgIpc) is 3.07. The van der Waals surface area contributed by atoms with Gasteiger partial charge in [-0.15, -0.1) is 0 Å². The van der Waals surface area contributed by atoms with Crippen molar-refractivity contribution in [3.63, 3.8) is 0 Å². The molecule has 3 N–H and O–H groups in total. The maximum absolute atomic E-state index is 12.3. The predicted molar refractivity (Wildman–Crippen MR) is 111 cm³/mol. The minimum Gasteiger partial charge on any atom is -0.465 e. The Morgan fingerprint density at radius 2 is 2.07 bits per heavy atom. The van der Waals surface area contributed by atoms with Crippen molar-refractivity contribution in [3.05, 3.63) is 46.6 Å². The van der Waals surface area contributed by atoms with E-state index in [4.69, 9.17) is 22.1 Å². The standard InChI is InChI=1S/C19H20ClN7O2/c1-9-18-22-10(2)25-27(18)13-7-5-6-11(16(13)26(9)3)23-12-8-14(20)24-17(21)15(12)19(28)29-4/h5-9H,1-4H3,(H3,21,23,24)/t9-/m0/s1. The zero-order valence-electron chi connectivity index (χ0n) is 16.4. The zero-order valence-corrected chi connectivity index (χ0v) is 17.2. The summed E-state index contributed by atoms with van der Waals surface area (Å²) in [5, 5.41) is 7.98. The van der Waals surface area contributed by atoms with E-state index in [9.17, 15) is 4.79 Å². The highest BCUT2D eigenvalue weighted by atomic mass is 35.5. The third kappa shape index (κ3) is 3.03. The number of fused-ring (bicyclic) bond motifs is 3. The lowest BCUT2D eigenvalue weighted by Crippen LogP contribution is -2.31. The molecule has 1 aromatic carbocycles. The van der Waals surface area contributed by atoms with Gasteiger partial charge in [-0.1, -0.05) is 17.7 Å². The van der Waals surface area contributed by atoms with Gasteiger partial charge in [0.1, 0.15) is 22.4 Å². The molecule has 0 amide bonds. The summed E-state index contributed by atoms with van der Waals surface area (Å²) < 4.78 is 6.70. The monoisotopic (exact) mass is 413 g/mol. The van der Waals surface area contributed by atoms with Gasteiger partial charge in [0.2, 0.25) is 0 Å². The third-order valence-electron chi connectivity index (χ3n) is 4.96. The first kappa shape index (κ1) is 19.0. The summed E-state index contributed by atoms with van der Waals surface area (Å²) in [7, 11) is 3.27. The number of hydrogen-bond acceptors (Lipinski definition) is 8. The van der Waals surface area contributed by atoms with Crippen molar-refractivity contribution >= 4 is 40.5 Å². The summed E-state index contributed by atoms with van der Waals surface area (Å²) in [4.78, 5) is 22.9. The Hall–Kier alpha value is -3.33. The van der Waals surface area contributed by atoms with Crippen LogP contribution in [0, 0.1) is 6.92 Å². The Balaban J connectivity index is 1.88. The fraction of sp³-hybridized carbons (Fsp3) is 0.263. The van der Waals surface area contributed by atoms with Gasteiger partial charge >= 0.3 is 5.97 Å². The number of hydrogen-bond donors (Lipinski definition) is 2. The molecule has 0 radical (unpaired) electrons. The molecule has 0 saturated carbocycles. The average molecular weight is 414 g/mol. The van der Waals surface area contributed by atoms with Crippen LogP contribution in [0.5, 0.6) is 0 Å². The highest BCUT2D eigenvalue weighted by Crippen LogP contribution is 2.42. The van der Waals surface area contributed by atoms with Gasteiger partial charge in [0.15, 0.2) is 5.82 Å². The molecular formula is C19H20ClN7O2. The molecule has 1 aliphatic rings. The van der Waals surface area contributed by atoms with Gasteiger partial charge < -0.3 is 20.7 Å². The smallest absolute Gasteiger partial charge is 0.343 e. The Bertz CT molecular complexity index is 1130. The van der Waals surface area contributed by atoms with E-state index in [1.807, 2.05) is 36.9 Å². The first-order chi connectivity index (χ1) is 13.8. The van der Waals surface area contributed by atoms with Crippen LogP contribution in [0.25, 0.3) is 5.69 Å². The third-order valence-corrected chi connectivity index (χ3v) is 5.16. The highest BCUT2D eigenvalue weighted by molar-refractivity contribution is 6.30. The Labute approximate surface area is 172 Å². The summed E-state index contributed by atoms with van der Waals surface area (Å²) >= 11 is 6.09. The van der Waals surface area contributed by atoms with Crippen molar-refractivity contribution in [1.29, 1.82) is 0 Å². The number of nitrogens with zero attached hydrogens (tertiary/aromatic N) is 5. The number of ether oxygens (including phenoxy) is 1. The summed E-state index contributed by atoms with van der Waals surface area (Å²) in [6, 6.07) is 7.31. The van der Waals surface area contributed by atoms with Crippen molar-refractivity contribution in [2.24, 2.45) is 0 Å². The van der Waals surface area contributed by atoms with Gasteiger partial charge in [-0.3, -0.25) is 0 Å². The number of carbonyl (C=O) groups is 1. The Morgan fingerprint density at radius 1 is 1.31 bits per heavy atom. The Morgan fingerprint density at radius 3 is 2.79 bits per heavy atom. The van der Waals surface area contributed by atoms with Crippen LogP contribution in [-0.4, -0.2) is 39.9 Å². The minimum absolute atomic E-state index is 0.00201. The quantitative estimate of drug-likeness (QED) is 0.497.